The van der Waals surface area contributed by atoms with Gasteiger partial charge in [0, 0.05) is 12.3 Å². The Labute approximate surface area is 60.1 Å². The predicted molar refractivity (Wildman–Crippen MR) is 38.5 cm³/mol. The van der Waals surface area contributed by atoms with Crippen LogP contribution in [0.3, 0.4) is 0 Å². The Morgan fingerprint density at radius 1 is 1.50 bits per heavy atom. The van der Waals surface area contributed by atoms with Crippen molar-refractivity contribution in [1.29, 1.82) is 0 Å². The second kappa shape index (κ2) is 5.57. The molecule has 3 heteroatoms. The van der Waals surface area contributed by atoms with Gasteiger partial charge in [0.2, 0.25) is 5.88 Å². The maximum absolute atomic E-state index is 4.76. The molecular weight excluding hydrogens is 128 g/mol. The average molecular weight is 136 g/mol. The quantitative estimate of drug-likeness (QED) is 0.534. The molecule has 0 atom stereocenters. The fourth-order valence-corrected chi connectivity index (χ4v) is 0.399. The molecule has 52 valence electrons. The molecule has 10 heavy (non-hydrogen) atoms. The van der Waals surface area contributed by atoms with Crippen molar-refractivity contribution in [2.75, 3.05) is 7.11 Å². The smallest absolute Gasteiger partial charge is 0.215 e. The molecule has 0 aliphatic carbocycles. The van der Waals surface area contributed by atoms with Gasteiger partial charge in [-0.15, -0.1) is 12.8 Å². The Balaban J connectivity index is 0.000000371. The third kappa shape index (κ3) is 2.68. The lowest BCUT2D eigenvalue weighted by molar-refractivity contribution is 0.397. The van der Waals surface area contributed by atoms with E-state index in [1.807, 2.05) is 0 Å². The van der Waals surface area contributed by atoms with Gasteiger partial charge in [0.05, 0.1) is 7.11 Å². The van der Waals surface area contributed by atoms with Gasteiger partial charge in [0.1, 0.15) is 6.33 Å². The van der Waals surface area contributed by atoms with E-state index in [9.17, 15) is 0 Å². The first-order valence-corrected chi connectivity index (χ1v) is 2.57. The normalized spacial score (nSPS) is 7.10. The minimum absolute atomic E-state index is 0.597. The van der Waals surface area contributed by atoms with Crippen molar-refractivity contribution in [1.82, 2.24) is 9.97 Å². The molecule has 3 nitrogen and oxygen atoms in total. The summed E-state index contributed by atoms with van der Waals surface area (Å²) in [5.41, 5.74) is 0. The number of methoxy groups -OCH3 is 1. The summed E-state index contributed by atoms with van der Waals surface area (Å²) < 4.78 is 4.76. The first-order chi connectivity index (χ1) is 4.93. The van der Waals surface area contributed by atoms with Crippen molar-refractivity contribution in [3.8, 4) is 18.7 Å². The Morgan fingerprint density at radius 3 is 2.50 bits per heavy atom. The summed E-state index contributed by atoms with van der Waals surface area (Å²) in [7, 11) is 1.57. The SMILES string of the molecule is C#C.COc1ccncn1. The third-order valence-electron chi connectivity index (χ3n) is 0.764. The van der Waals surface area contributed by atoms with Crippen molar-refractivity contribution in [2.24, 2.45) is 0 Å². The second-order valence-corrected chi connectivity index (χ2v) is 1.25. The molecule has 0 aliphatic heterocycles. The zero-order chi connectivity index (χ0) is 7.82. The molecule has 0 aliphatic rings. The number of aromatic nitrogens is 2. The Bertz CT molecular complexity index is 183. The fourth-order valence-electron chi connectivity index (χ4n) is 0.399. The van der Waals surface area contributed by atoms with Crippen LogP contribution in [0.15, 0.2) is 18.6 Å². The van der Waals surface area contributed by atoms with Crippen molar-refractivity contribution in [3.63, 3.8) is 0 Å². The Morgan fingerprint density at radius 2 is 2.20 bits per heavy atom. The first-order valence-electron chi connectivity index (χ1n) is 2.57. The van der Waals surface area contributed by atoms with E-state index in [4.69, 9.17) is 4.74 Å². The Kier molecular flexibility index (Phi) is 4.70. The standard InChI is InChI=1S/C5H6N2O.C2H2/c1-8-5-2-3-6-4-7-5;1-2/h2-4H,1H3;1-2H. The van der Waals surface area contributed by atoms with E-state index >= 15 is 0 Å². The molecule has 0 fully saturated rings. The van der Waals surface area contributed by atoms with Gasteiger partial charge in [-0.25, -0.2) is 9.97 Å². The molecule has 1 aromatic heterocycles. The molecule has 0 N–H and O–H groups in total. The fraction of sp³-hybridized carbons (Fsp3) is 0.143. The minimum Gasteiger partial charge on any atom is -0.481 e. The van der Waals surface area contributed by atoms with Gasteiger partial charge in [0.25, 0.3) is 0 Å². The zero-order valence-electron chi connectivity index (χ0n) is 5.69. The van der Waals surface area contributed by atoms with Gasteiger partial charge in [-0.1, -0.05) is 0 Å². The van der Waals surface area contributed by atoms with Crippen molar-refractivity contribution < 1.29 is 4.74 Å². The van der Waals surface area contributed by atoms with Crippen molar-refractivity contribution in [2.45, 2.75) is 0 Å². The highest BCUT2D eigenvalue weighted by atomic mass is 16.5. The molecule has 0 bridgehead atoms. The average Bonchev–Trinajstić information content (AvgIpc) is 2.10. The van der Waals surface area contributed by atoms with E-state index in [-0.39, 0.29) is 0 Å². The van der Waals surface area contributed by atoms with E-state index in [2.05, 4.69) is 22.8 Å². The maximum Gasteiger partial charge on any atom is 0.215 e. The van der Waals surface area contributed by atoms with Crippen LogP contribution in [0.1, 0.15) is 0 Å². The van der Waals surface area contributed by atoms with Gasteiger partial charge in [-0.2, -0.15) is 0 Å². The lowest BCUT2D eigenvalue weighted by Crippen LogP contribution is -1.85. The summed E-state index contributed by atoms with van der Waals surface area (Å²) in [5.74, 6) is 0.597. The summed E-state index contributed by atoms with van der Waals surface area (Å²) in [6.07, 6.45) is 11.1. The van der Waals surface area contributed by atoms with E-state index < -0.39 is 0 Å². The molecule has 0 radical (unpaired) electrons. The molecule has 0 unspecified atom stereocenters. The number of rotatable bonds is 1. The van der Waals surface area contributed by atoms with E-state index in [1.54, 1.807) is 19.4 Å². The van der Waals surface area contributed by atoms with Gasteiger partial charge < -0.3 is 4.74 Å². The number of terminal acetylenes is 1. The molecule has 1 heterocycles. The molecule has 0 saturated heterocycles. The van der Waals surface area contributed by atoms with Crippen molar-refractivity contribution in [3.05, 3.63) is 18.6 Å². The van der Waals surface area contributed by atoms with Crippen molar-refractivity contribution >= 4 is 0 Å². The second-order valence-electron chi connectivity index (χ2n) is 1.25. The molecular formula is C7H8N2O. The highest BCUT2D eigenvalue weighted by molar-refractivity contribution is 5.03. The van der Waals surface area contributed by atoms with Crippen LogP contribution in [0, 0.1) is 12.8 Å². The highest BCUT2D eigenvalue weighted by Gasteiger charge is 1.82. The number of hydrogen-bond acceptors (Lipinski definition) is 3. The maximum atomic E-state index is 4.76. The summed E-state index contributed by atoms with van der Waals surface area (Å²) in [6.45, 7) is 0. The van der Waals surface area contributed by atoms with Crippen LogP contribution in [0.4, 0.5) is 0 Å². The molecule has 0 aromatic carbocycles. The largest absolute Gasteiger partial charge is 0.481 e. The molecule has 1 aromatic rings. The summed E-state index contributed by atoms with van der Waals surface area (Å²) >= 11 is 0. The molecule has 0 spiro atoms. The van der Waals surface area contributed by atoms with Gasteiger partial charge in [0.15, 0.2) is 0 Å². The van der Waals surface area contributed by atoms with E-state index in [0.717, 1.165) is 0 Å². The Hall–Kier alpha value is -1.56. The summed E-state index contributed by atoms with van der Waals surface area (Å²) in [5, 5.41) is 0. The van der Waals surface area contributed by atoms with Crippen LogP contribution in [-0.4, -0.2) is 17.1 Å². The van der Waals surface area contributed by atoms with E-state index in [0.29, 0.717) is 5.88 Å². The highest BCUT2D eigenvalue weighted by Crippen LogP contribution is 1.97. The summed E-state index contributed by atoms with van der Waals surface area (Å²) in [6, 6.07) is 1.69. The van der Waals surface area contributed by atoms with Gasteiger partial charge in [-0.05, 0) is 0 Å². The lowest BCUT2D eigenvalue weighted by atomic mass is 10.6. The molecule has 0 amide bonds. The summed E-state index contributed by atoms with van der Waals surface area (Å²) in [4.78, 5) is 7.47. The topological polar surface area (TPSA) is 35.0 Å². The van der Waals surface area contributed by atoms with Gasteiger partial charge in [-0.3, -0.25) is 0 Å². The minimum atomic E-state index is 0.597. The third-order valence-corrected chi connectivity index (χ3v) is 0.764. The zero-order valence-corrected chi connectivity index (χ0v) is 5.69. The van der Waals surface area contributed by atoms with Gasteiger partial charge >= 0.3 is 0 Å². The number of nitrogens with zero attached hydrogens (tertiary/aromatic N) is 2. The number of hydrogen-bond donors (Lipinski definition) is 0. The van der Waals surface area contributed by atoms with E-state index in [1.165, 1.54) is 6.33 Å². The lowest BCUT2D eigenvalue weighted by Gasteiger charge is -1.91. The van der Waals surface area contributed by atoms with Crippen LogP contribution in [0.2, 0.25) is 0 Å². The molecule has 1 rings (SSSR count). The predicted octanol–water partition coefficient (Wildman–Crippen LogP) is 0.735. The first kappa shape index (κ1) is 8.44. The number of ether oxygens (including phenoxy) is 1. The van der Waals surface area contributed by atoms with Crippen LogP contribution < -0.4 is 4.74 Å². The molecule has 0 saturated carbocycles. The monoisotopic (exact) mass is 136 g/mol. The van der Waals surface area contributed by atoms with Crippen LogP contribution in [0.5, 0.6) is 5.88 Å². The van der Waals surface area contributed by atoms with Crippen LogP contribution >= 0.6 is 0 Å². The van der Waals surface area contributed by atoms with Crippen LogP contribution in [-0.2, 0) is 0 Å². The van der Waals surface area contributed by atoms with Crippen LogP contribution in [0.25, 0.3) is 0 Å².